The lowest BCUT2D eigenvalue weighted by atomic mass is 9.80. The van der Waals surface area contributed by atoms with E-state index in [9.17, 15) is 4.79 Å². The molecule has 0 bridgehead atoms. The highest BCUT2D eigenvalue weighted by molar-refractivity contribution is 5.87. The van der Waals surface area contributed by atoms with Crippen LogP contribution in [0.15, 0.2) is 42.5 Å². The van der Waals surface area contributed by atoms with Gasteiger partial charge in [-0.2, -0.15) is 0 Å². The molecule has 0 aliphatic heterocycles. The molecule has 3 heteroatoms. The Bertz CT molecular complexity index is 761. The Hall–Kier alpha value is -2.29. The van der Waals surface area contributed by atoms with Crippen LogP contribution in [0, 0.1) is 0 Å². The van der Waals surface area contributed by atoms with E-state index in [-0.39, 0.29) is 5.56 Å². The molecule has 4 rings (SSSR count). The molecule has 3 nitrogen and oxygen atoms in total. The molecule has 1 N–H and O–H groups in total. The summed E-state index contributed by atoms with van der Waals surface area (Å²) in [5.74, 6) is 1.97. The van der Waals surface area contributed by atoms with Crippen molar-refractivity contribution in [2.45, 2.75) is 76.0 Å². The van der Waals surface area contributed by atoms with E-state index in [1.807, 2.05) is 0 Å². The van der Waals surface area contributed by atoms with Gasteiger partial charge in [0.15, 0.2) is 0 Å². The summed E-state index contributed by atoms with van der Waals surface area (Å²) in [5.41, 5.74) is 3.14. The fourth-order valence-corrected chi connectivity index (χ4v) is 4.85. The maximum atomic E-state index is 11.1. The van der Waals surface area contributed by atoms with E-state index in [2.05, 4.69) is 18.2 Å². The Morgan fingerprint density at radius 1 is 0.714 bits per heavy atom. The lowest BCUT2D eigenvalue weighted by Crippen LogP contribution is -2.08. The van der Waals surface area contributed by atoms with Crippen LogP contribution in [0.1, 0.15) is 97.5 Å². The number of hydrogen-bond acceptors (Lipinski definition) is 2. The van der Waals surface area contributed by atoms with E-state index in [1.165, 1.54) is 75.3 Å². The van der Waals surface area contributed by atoms with Gasteiger partial charge in [-0.15, -0.1) is 0 Å². The molecule has 2 saturated carbocycles. The number of rotatable bonds is 5. The van der Waals surface area contributed by atoms with Gasteiger partial charge in [0.2, 0.25) is 0 Å². The summed E-state index contributed by atoms with van der Waals surface area (Å²) in [6.07, 6.45) is 13.1. The molecular formula is C25H30O3. The molecule has 2 fully saturated rings. The van der Waals surface area contributed by atoms with E-state index in [4.69, 9.17) is 9.84 Å². The van der Waals surface area contributed by atoms with Gasteiger partial charge in [-0.05, 0) is 85.0 Å². The summed E-state index contributed by atoms with van der Waals surface area (Å²) < 4.78 is 6.18. The zero-order valence-corrected chi connectivity index (χ0v) is 16.5. The molecule has 0 amide bonds. The van der Waals surface area contributed by atoms with Crippen LogP contribution in [0.5, 0.6) is 11.5 Å². The fourth-order valence-electron chi connectivity index (χ4n) is 4.85. The third-order valence-electron chi connectivity index (χ3n) is 6.44. The minimum absolute atomic E-state index is 0.284. The van der Waals surface area contributed by atoms with E-state index >= 15 is 0 Å². The Morgan fingerprint density at radius 3 is 1.68 bits per heavy atom. The van der Waals surface area contributed by atoms with Crippen molar-refractivity contribution in [3.05, 3.63) is 59.2 Å². The number of aromatic carboxylic acids is 1. The number of carboxylic acid groups (broad SMARTS) is 1. The smallest absolute Gasteiger partial charge is 0.335 e. The fraction of sp³-hybridized carbons (Fsp3) is 0.480. The van der Waals surface area contributed by atoms with Crippen molar-refractivity contribution in [1.82, 2.24) is 0 Å². The molecule has 0 aromatic heterocycles. The largest absolute Gasteiger partial charge is 0.478 e. The van der Waals surface area contributed by atoms with Crippen LogP contribution in [0.3, 0.4) is 0 Å². The molecule has 0 radical (unpaired) electrons. The second-order valence-electron chi connectivity index (χ2n) is 8.44. The maximum Gasteiger partial charge on any atom is 0.335 e. The first-order valence-electron chi connectivity index (χ1n) is 10.8. The Balaban J connectivity index is 1.61. The molecule has 2 aliphatic carbocycles. The first-order valence-corrected chi connectivity index (χ1v) is 10.8. The van der Waals surface area contributed by atoms with Crippen molar-refractivity contribution in [3.63, 3.8) is 0 Å². The zero-order valence-electron chi connectivity index (χ0n) is 16.5. The number of carboxylic acids is 1. The molecule has 148 valence electrons. The van der Waals surface area contributed by atoms with E-state index < -0.39 is 5.97 Å². The number of carbonyl (C=O) groups is 1. The monoisotopic (exact) mass is 378 g/mol. The molecule has 0 saturated heterocycles. The normalized spacial score (nSPS) is 18.7. The third kappa shape index (κ3) is 4.57. The molecule has 0 spiro atoms. The highest BCUT2D eigenvalue weighted by Crippen LogP contribution is 2.40. The molecule has 2 aliphatic rings. The van der Waals surface area contributed by atoms with Crippen LogP contribution in [0.2, 0.25) is 0 Å². The number of benzene rings is 2. The highest BCUT2D eigenvalue weighted by atomic mass is 16.5. The van der Waals surface area contributed by atoms with Crippen molar-refractivity contribution in [3.8, 4) is 11.5 Å². The Morgan fingerprint density at radius 2 is 1.21 bits per heavy atom. The van der Waals surface area contributed by atoms with Gasteiger partial charge in [-0.1, -0.05) is 44.6 Å². The van der Waals surface area contributed by atoms with Gasteiger partial charge in [0, 0.05) is 0 Å². The van der Waals surface area contributed by atoms with Crippen molar-refractivity contribution in [2.24, 2.45) is 0 Å². The van der Waals surface area contributed by atoms with Gasteiger partial charge in [-0.25, -0.2) is 4.79 Å². The topological polar surface area (TPSA) is 46.5 Å². The molecule has 28 heavy (non-hydrogen) atoms. The summed E-state index contributed by atoms with van der Waals surface area (Å²) in [6, 6.07) is 13.6. The standard InChI is InChI=1S/C25H30O3/c26-25(27)20-11-13-23(14-12-20)28-24-16-21(18-7-3-1-4-8-18)15-22(17-24)19-9-5-2-6-10-19/h11-19H,1-10H2,(H,26,27). The average molecular weight is 379 g/mol. The van der Waals surface area contributed by atoms with Crippen LogP contribution in [0.4, 0.5) is 0 Å². The van der Waals surface area contributed by atoms with Crippen molar-refractivity contribution >= 4 is 5.97 Å². The van der Waals surface area contributed by atoms with Crippen molar-refractivity contribution in [1.29, 1.82) is 0 Å². The van der Waals surface area contributed by atoms with Gasteiger partial charge in [-0.3, -0.25) is 0 Å². The van der Waals surface area contributed by atoms with Gasteiger partial charge < -0.3 is 9.84 Å². The predicted molar refractivity (Wildman–Crippen MR) is 112 cm³/mol. The summed E-state index contributed by atoms with van der Waals surface area (Å²) in [6.45, 7) is 0. The first kappa shape index (κ1) is 19.0. The summed E-state index contributed by atoms with van der Waals surface area (Å²) in [7, 11) is 0. The van der Waals surface area contributed by atoms with Gasteiger partial charge in [0.05, 0.1) is 5.56 Å². The minimum atomic E-state index is -0.912. The molecule has 0 heterocycles. The Labute approximate surface area is 167 Å². The molecule has 2 aromatic rings. The molecule has 2 aromatic carbocycles. The SMILES string of the molecule is O=C(O)c1ccc(Oc2cc(C3CCCCC3)cc(C3CCCCC3)c2)cc1. The van der Waals surface area contributed by atoms with E-state index in [1.54, 1.807) is 24.3 Å². The lowest BCUT2D eigenvalue weighted by Gasteiger charge is -2.26. The summed E-state index contributed by atoms with van der Waals surface area (Å²) in [5, 5.41) is 9.09. The highest BCUT2D eigenvalue weighted by Gasteiger charge is 2.21. The van der Waals surface area contributed by atoms with Gasteiger partial charge in [0.1, 0.15) is 11.5 Å². The summed E-state index contributed by atoms with van der Waals surface area (Å²) >= 11 is 0. The third-order valence-corrected chi connectivity index (χ3v) is 6.44. The minimum Gasteiger partial charge on any atom is -0.478 e. The van der Waals surface area contributed by atoms with Crippen LogP contribution < -0.4 is 4.74 Å². The molecular weight excluding hydrogens is 348 g/mol. The lowest BCUT2D eigenvalue weighted by molar-refractivity contribution is 0.0697. The van der Waals surface area contributed by atoms with Crippen molar-refractivity contribution in [2.75, 3.05) is 0 Å². The molecule has 0 unspecified atom stereocenters. The van der Waals surface area contributed by atoms with Crippen LogP contribution in [0.25, 0.3) is 0 Å². The van der Waals surface area contributed by atoms with Gasteiger partial charge >= 0.3 is 5.97 Å². The van der Waals surface area contributed by atoms with Gasteiger partial charge in [0.25, 0.3) is 0 Å². The van der Waals surface area contributed by atoms with Crippen molar-refractivity contribution < 1.29 is 14.6 Å². The van der Waals surface area contributed by atoms with Crippen LogP contribution in [-0.4, -0.2) is 11.1 Å². The predicted octanol–water partition coefficient (Wildman–Crippen LogP) is 7.27. The van der Waals surface area contributed by atoms with Crippen LogP contribution >= 0.6 is 0 Å². The molecule has 0 atom stereocenters. The number of ether oxygens (including phenoxy) is 1. The summed E-state index contributed by atoms with van der Waals surface area (Å²) in [4.78, 5) is 11.1. The van der Waals surface area contributed by atoms with Crippen LogP contribution in [-0.2, 0) is 0 Å². The first-order chi connectivity index (χ1) is 13.7. The maximum absolute atomic E-state index is 11.1. The quantitative estimate of drug-likeness (QED) is 0.595. The second kappa shape index (κ2) is 8.81. The second-order valence-corrected chi connectivity index (χ2v) is 8.44. The van der Waals surface area contributed by atoms with E-state index in [0.717, 1.165) is 5.75 Å². The average Bonchev–Trinajstić information content (AvgIpc) is 2.75. The van der Waals surface area contributed by atoms with E-state index in [0.29, 0.717) is 17.6 Å². The number of hydrogen-bond donors (Lipinski definition) is 1. The zero-order chi connectivity index (χ0) is 19.3. The Kier molecular flexibility index (Phi) is 5.99.